The van der Waals surface area contributed by atoms with Crippen molar-refractivity contribution < 1.29 is 9.50 Å². The third kappa shape index (κ3) is 3.54. The fraction of sp³-hybridized carbons (Fsp3) is 0.304. The van der Waals surface area contributed by atoms with Gasteiger partial charge in [0, 0.05) is 28.9 Å². The number of phenolic OH excluding ortho intramolecular Hbond substituents is 1. The lowest BCUT2D eigenvalue weighted by Gasteiger charge is -2.41. The van der Waals surface area contributed by atoms with E-state index in [1.165, 1.54) is 27.7 Å². The highest BCUT2D eigenvalue weighted by atomic mass is 19.1. The van der Waals surface area contributed by atoms with Gasteiger partial charge in [0.25, 0.3) is 0 Å². The number of aromatic hydroxyl groups is 1. The van der Waals surface area contributed by atoms with E-state index in [0.29, 0.717) is 5.69 Å². The number of aromatic nitrogens is 6. The molecule has 0 fully saturated rings. The van der Waals surface area contributed by atoms with Gasteiger partial charge < -0.3 is 10.4 Å². The van der Waals surface area contributed by atoms with Crippen LogP contribution in [0.15, 0.2) is 48.9 Å². The molecule has 9 heteroatoms. The van der Waals surface area contributed by atoms with Crippen molar-refractivity contribution in [2.24, 2.45) is 0 Å². The summed E-state index contributed by atoms with van der Waals surface area (Å²) in [6.07, 6.45) is 7.65. The molecular formula is C23H24FN7O. The number of halogens is 1. The van der Waals surface area contributed by atoms with Crippen LogP contribution in [0.25, 0.3) is 28.3 Å². The molecule has 164 valence electrons. The van der Waals surface area contributed by atoms with Crippen LogP contribution in [-0.4, -0.2) is 45.5 Å². The number of hydrogen-bond acceptors (Lipinski definition) is 6. The van der Waals surface area contributed by atoms with Crippen molar-refractivity contribution in [1.29, 1.82) is 0 Å². The predicted octanol–water partition coefficient (Wildman–Crippen LogP) is 3.76. The van der Waals surface area contributed by atoms with Crippen molar-refractivity contribution in [3.8, 4) is 22.7 Å². The number of nitrogens with one attached hydrogen (secondary N) is 1. The van der Waals surface area contributed by atoms with Crippen LogP contribution in [0.2, 0.25) is 0 Å². The molecule has 0 radical (unpaired) electrons. The summed E-state index contributed by atoms with van der Waals surface area (Å²) in [4.78, 5) is 10.4. The van der Waals surface area contributed by atoms with Crippen molar-refractivity contribution in [2.45, 2.75) is 45.2 Å². The smallest absolute Gasteiger partial charge is 0.237 e. The summed E-state index contributed by atoms with van der Waals surface area (Å²) in [5, 5.41) is 22.2. The summed E-state index contributed by atoms with van der Waals surface area (Å²) in [7, 11) is 0. The third-order valence-corrected chi connectivity index (χ3v) is 5.48. The normalized spacial score (nSPS) is 17.5. The van der Waals surface area contributed by atoms with Crippen LogP contribution < -0.4 is 5.32 Å². The predicted molar refractivity (Wildman–Crippen MR) is 119 cm³/mol. The van der Waals surface area contributed by atoms with Gasteiger partial charge in [-0.05, 0) is 57.9 Å². The maximum absolute atomic E-state index is 15.2. The Hall–Kier alpha value is -3.59. The number of benzene rings is 1. The Morgan fingerprint density at radius 2 is 1.81 bits per heavy atom. The van der Waals surface area contributed by atoms with E-state index >= 15 is 4.39 Å². The van der Waals surface area contributed by atoms with E-state index in [1.54, 1.807) is 24.4 Å². The first-order valence-electron chi connectivity index (χ1n) is 10.4. The van der Waals surface area contributed by atoms with E-state index in [-0.39, 0.29) is 33.9 Å². The van der Waals surface area contributed by atoms with Gasteiger partial charge in [-0.25, -0.2) is 9.97 Å². The molecule has 4 aromatic rings. The van der Waals surface area contributed by atoms with Crippen LogP contribution in [0, 0.1) is 5.95 Å². The summed E-state index contributed by atoms with van der Waals surface area (Å²) >= 11 is 0. The Morgan fingerprint density at radius 3 is 2.50 bits per heavy atom. The van der Waals surface area contributed by atoms with E-state index in [9.17, 15) is 5.11 Å². The van der Waals surface area contributed by atoms with Gasteiger partial charge in [-0.1, -0.05) is 6.08 Å². The molecule has 0 spiro atoms. The number of hydrogen-bond donors (Lipinski definition) is 2. The van der Waals surface area contributed by atoms with Crippen LogP contribution in [0.1, 0.15) is 39.8 Å². The van der Waals surface area contributed by atoms with Crippen LogP contribution in [-0.2, 0) is 0 Å². The van der Waals surface area contributed by atoms with Crippen LogP contribution in [0.4, 0.5) is 4.39 Å². The summed E-state index contributed by atoms with van der Waals surface area (Å²) in [6, 6.07) is 6.57. The Kier molecular flexibility index (Phi) is 4.42. The third-order valence-electron chi connectivity index (χ3n) is 5.48. The molecule has 4 heterocycles. The first kappa shape index (κ1) is 20.3. The topological polar surface area (TPSA) is 93.2 Å². The molecule has 2 N–H and O–H groups in total. The molecule has 0 unspecified atom stereocenters. The Morgan fingerprint density at radius 1 is 1.06 bits per heavy atom. The molecule has 0 aliphatic carbocycles. The highest BCUT2D eigenvalue weighted by Crippen LogP contribution is 2.35. The van der Waals surface area contributed by atoms with Gasteiger partial charge in [-0.3, -0.25) is 4.40 Å². The Labute approximate surface area is 184 Å². The lowest BCUT2D eigenvalue weighted by molar-refractivity contribution is 0.297. The molecule has 8 nitrogen and oxygen atoms in total. The second kappa shape index (κ2) is 6.96. The molecule has 0 amide bonds. The van der Waals surface area contributed by atoms with Gasteiger partial charge >= 0.3 is 0 Å². The summed E-state index contributed by atoms with van der Waals surface area (Å²) < 4.78 is 16.5. The number of nitrogens with zero attached hydrogens (tertiary/aromatic N) is 6. The fourth-order valence-corrected chi connectivity index (χ4v) is 4.53. The number of phenols is 1. The maximum atomic E-state index is 15.2. The van der Waals surface area contributed by atoms with Crippen molar-refractivity contribution >= 4 is 11.4 Å². The van der Waals surface area contributed by atoms with Crippen molar-refractivity contribution in [3.63, 3.8) is 0 Å². The Bertz CT molecular complexity index is 1350. The van der Waals surface area contributed by atoms with Crippen LogP contribution in [0.5, 0.6) is 5.75 Å². The molecule has 0 atom stereocenters. The van der Waals surface area contributed by atoms with E-state index in [1.807, 2.05) is 0 Å². The molecule has 0 saturated carbocycles. The minimum atomic E-state index is -0.584. The van der Waals surface area contributed by atoms with Gasteiger partial charge in [-0.2, -0.15) is 19.4 Å². The standard InChI is InChI=1S/C23H24FN7O/c1-22(2)12-14(13-23(3,4)29-22)17-7-10-30-20(24)19(28-21(30)27-17)16-6-5-15(11-18(16)32)31-25-8-9-26-31/h5-12,29,32H,13H2,1-4H3. The van der Waals surface area contributed by atoms with E-state index in [0.717, 1.165) is 17.7 Å². The monoisotopic (exact) mass is 433 g/mol. The van der Waals surface area contributed by atoms with E-state index in [4.69, 9.17) is 0 Å². The summed E-state index contributed by atoms with van der Waals surface area (Å²) in [5.74, 6) is -0.464. The zero-order valence-electron chi connectivity index (χ0n) is 18.3. The minimum absolute atomic E-state index is 0.0343. The zero-order chi connectivity index (χ0) is 22.7. The first-order valence-corrected chi connectivity index (χ1v) is 10.4. The number of rotatable bonds is 3. The summed E-state index contributed by atoms with van der Waals surface area (Å²) in [5.41, 5.74) is 2.44. The quantitative estimate of drug-likeness (QED) is 0.511. The van der Waals surface area contributed by atoms with E-state index < -0.39 is 5.95 Å². The molecule has 1 aromatic carbocycles. The molecule has 1 aliphatic rings. The van der Waals surface area contributed by atoms with Gasteiger partial charge in [0.05, 0.1) is 23.8 Å². The van der Waals surface area contributed by atoms with Crippen molar-refractivity contribution in [3.05, 3.63) is 60.6 Å². The molecule has 3 aromatic heterocycles. The molecule has 1 aliphatic heterocycles. The molecule has 32 heavy (non-hydrogen) atoms. The minimum Gasteiger partial charge on any atom is -0.507 e. The summed E-state index contributed by atoms with van der Waals surface area (Å²) in [6.45, 7) is 8.54. The van der Waals surface area contributed by atoms with Gasteiger partial charge in [0.1, 0.15) is 11.4 Å². The average Bonchev–Trinajstić information content (AvgIpc) is 3.34. The van der Waals surface area contributed by atoms with Gasteiger partial charge in [-0.15, -0.1) is 0 Å². The second-order valence-electron chi connectivity index (χ2n) is 9.33. The molecule has 5 rings (SSSR count). The zero-order valence-corrected chi connectivity index (χ0v) is 18.3. The number of fused-ring (bicyclic) bond motifs is 1. The van der Waals surface area contributed by atoms with Crippen molar-refractivity contribution in [2.75, 3.05) is 0 Å². The Balaban J connectivity index is 1.56. The lowest BCUT2D eigenvalue weighted by atomic mass is 9.82. The molecule has 0 saturated heterocycles. The van der Waals surface area contributed by atoms with Gasteiger partial charge in [0.2, 0.25) is 11.7 Å². The SMILES string of the molecule is CC1(C)C=C(c2ccn3c(F)c(-c4ccc(-n5nccn5)cc4O)nc3n2)CC(C)(C)N1. The maximum Gasteiger partial charge on any atom is 0.237 e. The van der Waals surface area contributed by atoms with Crippen LogP contribution in [0.3, 0.4) is 0 Å². The highest BCUT2D eigenvalue weighted by molar-refractivity contribution is 5.72. The molecular weight excluding hydrogens is 409 g/mol. The van der Waals surface area contributed by atoms with Crippen LogP contribution >= 0.6 is 0 Å². The largest absolute Gasteiger partial charge is 0.507 e. The van der Waals surface area contributed by atoms with E-state index in [2.05, 4.69) is 59.3 Å². The van der Waals surface area contributed by atoms with Crippen molar-refractivity contribution in [1.82, 2.24) is 34.7 Å². The second-order valence-corrected chi connectivity index (χ2v) is 9.33. The number of imidazole rings is 1. The molecule has 0 bridgehead atoms. The highest BCUT2D eigenvalue weighted by Gasteiger charge is 2.33. The van der Waals surface area contributed by atoms with Gasteiger partial charge in [0.15, 0.2) is 0 Å². The lowest BCUT2D eigenvalue weighted by Crippen LogP contribution is -2.53. The average molecular weight is 433 g/mol. The fourth-order valence-electron chi connectivity index (χ4n) is 4.53. The first-order chi connectivity index (χ1) is 15.1.